The van der Waals surface area contributed by atoms with E-state index in [1.54, 1.807) is 0 Å². The van der Waals surface area contributed by atoms with Gasteiger partial charge in [-0.05, 0) is 54.1 Å². The highest BCUT2D eigenvalue weighted by molar-refractivity contribution is 9.10. The van der Waals surface area contributed by atoms with Gasteiger partial charge in [-0.2, -0.15) is 0 Å². The molecule has 0 saturated heterocycles. The third kappa shape index (κ3) is 3.04. The van der Waals surface area contributed by atoms with Crippen molar-refractivity contribution in [1.82, 2.24) is 9.88 Å². The van der Waals surface area contributed by atoms with Gasteiger partial charge >= 0.3 is 0 Å². The summed E-state index contributed by atoms with van der Waals surface area (Å²) in [6, 6.07) is 2.47. The SMILES string of the molecule is CC(C)n1cc(Br)cc1C(=O)NC1CCCC1(C)C. The first-order valence-corrected chi connectivity index (χ1v) is 7.79. The Morgan fingerprint density at radius 2 is 2.21 bits per heavy atom. The van der Waals surface area contributed by atoms with Gasteiger partial charge in [0.05, 0.1) is 0 Å². The van der Waals surface area contributed by atoms with Gasteiger partial charge in [0.2, 0.25) is 0 Å². The van der Waals surface area contributed by atoms with Crippen LogP contribution in [0.15, 0.2) is 16.7 Å². The summed E-state index contributed by atoms with van der Waals surface area (Å²) in [5.74, 6) is 0.0411. The Balaban J connectivity index is 2.16. The van der Waals surface area contributed by atoms with Crippen molar-refractivity contribution in [2.45, 2.75) is 59.0 Å². The largest absolute Gasteiger partial charge is 0.347 e. The van der Waals surface area contributed by atoms with Crippen molar-refractivity contribution in [2.75, 3.05) is 0 Å². The predicted molar refractivity (Wildman–Crippen MR) is 81.4 cm³/mol. The van der Waals surface area contributed by atoms with Crippen LogP contribution in [0.3, 0.4) is 0 Å². The van der Waals surface area contributed by atoms with Gasteiger partial charge in [-0.3, -0.25) is 4.79 Å². The topological polar surface area (TPSA) is 34.0 Å². The molecule has 1 fully saturated rings. The molecule has 0 radical (unpaired) electrons. The molecule has 0 aromatic carbocycles. The molecule has 0 aliphatic heterocycles. The van der Waals surface area contributed by atoms with E-state index in [4.69, 9.17) is 0 Å². The molecule has 1 aliphatic rings. The quantitative estimate of drug-likeness (QED) is 0.889. The summed E-state index contributed by atoms with van der Waals surface area (Å²) in [4.78, 5) is 12.5. The molecule has 1 aliphatic carbocycles. The molecule has 4 heteroatoms. The highest BCUT2D eigenvalue weighted by Gasteiger charge is 2.35. The van der Waals surface area contributed by atoms with Gasteiger partial charge in [-0.15, -0.1) is 0 Å². The monoisotopic (exact) mass is 326 g/mol. The Bertz CT molecular complexity index is 476. The van der Waals surface area contributed by atoms with Crippen molar-refractivity contribution in [1.29, 1.82) is 0 Å². The van der Waals surface area contributed by atoms with Gasteiger partial charge in [0.15, 0.2) is 0 Å². The molecule has 3 nitrogen and oxygen atoms in total. The molecular weight excluding hydrogens is 304 g/mol. The molecule has 1 aromatic heterocycles. The number of nitrogens with zero attached hydrogens (tertiary/aromatic N) is 1. The van der Waals surface area contributed by atoms with Crippen molar-refractivity contribution < 1.29 is 4.79 Å². The first-order valence-electron chi connectivity index (χ1n) is 6.99. The summed E-state index contributed by atoms with van der Waals surface area (Å²) in [5, 5.41) is 3.21. The third-order valence-corrected chi connectivity index (χ3v) is 4.60. The average molecular weight is 327 g/mol. The Morgan fingerprint density at radius 1 is 1.53 bits per heavy atom. The Hall–Kier alpha value is -0.770. The molecule has 0 spiro atoms. The third-order valence-electron chi connectivity index (χ3n) is 4.17. The number of nitrogens with one attached hydrogen (secondary N) is 1. The molecule has 19 heavy (non-hydrogen) atoms. The minimum absolute atomic E-state index is 0.0411. The van der Waals surface area contributed by atoms with E-state index in [1.165, 1.54) is 12.8 Å². The van der Waals surface area contributed by atoms with Crippen LogP contribution in [-0.4, -0.2) is 16.5 Å². The van der Waals surface area contributed by atoms with Crippen LogP contribution >= 0.6 is 15.9 Å². The second-order valence-electron chi connectivity index (χ2n) is 6.45. The number of carbonyl (C=O) groups is 1. The van der Waals surface area contributed by atoms with E-state index in [-0.39, 0.29) is 23.4 Å². The summed E-state index contributed by atoms with van der Waals surface area (Å²) >= 11 is 3.45. The van der Waals surface area contributed by atoms with E-state index in [0.29, 0.717) is 0 Å². The summed E-state index contributed by atoms with van der Waals surface area (Å²) in [6.45, 7) is 8.65. The summed E-state index contributed by atoms with van der Waals surface area (Å²) in [5.41, 5.74) is 0.951. The zero-order chi connectivity index (χ0) is 14.2. The smallest absolute Gasteiger partial charge is 0.268 e. The number of halogens is 1. The maximum atomic E-state index is 12.5. The maximum Gasteiger partial charge on any atom is 0.268 e. The second-order valence-corrected chi connectivity index (χ2v) is 7.37. The highest BCUT2D eigenvalue weighted by atomic mass is 79.9. The fourth-order valence-corrected chi connectivity index (χ4v) is 3.32. The van der Waals surface area contributed by atoms with E-state index in [9.17, 15) is 4.79 Å². The minimum atomic E-state index is 0.0411. The fraction of sp³-hybridized carbons (Fsp3) is 0.667. The summed E-state index contributed by atoms with van der Waals surface area (Å²) in [6.07, 6.45) is 5.45. The van der Waals surface area contributed by atoms with Crippen LogP contribution in [0.4, 0.5) is 0 Å². The minimum Gasteiger partial charge on any atom is -0.347 e. The van der Waals surface area contributed by atoms with Gasteiger partial charge in [-0.25, -0.2) is 0 Å². The van der Waals surface area contributed by atoms with Gasteiger partial charge in [0.25, 0.3) is 5.91 Å². The van der Waals surface area contributed by atoms with E-state index >= 15 is 0 Å². The molecule has 1 atom stereocenters. The van der Waals surface area contributed by atoms with Crippen molar-refractivity contribution in [3.63, 3.8) is 0 Å². The zero-order valence-electron chi connectivity index (χ0n) is 12.2. The summed E-state index contributed by atoms with van der Waals surface area (Å²) < 4.78 is 2.97. The lowest BCUT2D eigenvalue weighted by Crippen LogP contribution is -2.42. The van der Waals surface area contributed by atoms with Gasteiger partial charge < -0.3 is 9.88 Å². The number of hydrogen-bond donors (Lipinski definition) is 1. The average Bonchev–Trinajstić information content (AvgIpc) is 2.83. The van der Waals surface area contributed by atoms with Crippen LogP contribution in [-0.2, 0) is 0 Å². The fourth-order valence-electron chi connectivity index (χ4n) is 2.88. The van der Waals surface area contributed by atoms with Crippen LogP contribution in [0.2, 0.25) is 0 Å². The van der Waals surface area contributed by atoms with E-state index in [0.717, 1.165) is 16.6 Å². The Labute approximate surface area is 123 Å². The van der Waals surface area contributed by atoms with Crippen molar-refractivity contribution >= 4 is 21.8 Å². The van der Waals surface area contributed by atoms with Crippen LogP contribution in [0.5, 0.6) is 0 Å². The number of hydrogen-bond acceptors (Lipinski definition) is 1. The molecule has 1 unspecified atom stereocenters. The van der Waals surface area contributed by atoms with Crippen LogP contribution < -0.4 is 5.32 Å². The van der Waals surface area contributed by atoms with Crippen molar-refractivity contribution in [3.05, 3.63) is 22.4 Å². The molecule has 1 N–H and O–H groups in total. The standard InChI is InChI=1S/C15H23BrN2O/c1-10(2)18-9-11(16)8-12(18)14(19)17-13-6-5-7-15(13,3)4/h8-10,13H,5-7H2,1-4H3,(H,17,19). The van der Waals surface area contributed by atoms with Gasteiger partial charge in [0, 0.05) is 22.8 Å². The zero-order valence-corrected chi connectivity index (χ0v) is 13.8. The van der Waals surface area contributed by atoms with Crippen LogP contribution in [0.1, 0.15) is 63.5 Å². The lowest BCUT2D eigenvalue weighted by atomic mass is 9.87. The summed E-state index contributed by atoms with van der Waals surface area (Å²) in [7, 11) is 0. The number of aromatic nitrogens is 1. The number of rotatable bonds is 3. The molecular formula is C15H23BrN2O. The van der Waals surface area contributed by atoms with Gasteiger partial charge in [-0.1, -0.05) is 20.3 Å². The number of amides is 1. The van der Waals surface area contributed by atoms with E-state index < -0.39 is 0 Å². The Kier molecular flexibility index (Phi) is 4.09. The maximum absolute atomic E-state index is 12.5. The molecule has 1 saturated carbocycles. The van der Waals surface area contributed by atoms with Crippen molar-refractivity contribution in [3.8, 4) is 0 Å². The van der Waals surface area contributed by atoms with Crippen molar-refractivity contribution in [2.24, 2.45) is 5.41 Å². The first-order chi connectivity index (χ1) is 8.81. The molecule has 1 amide bonds. The van der Waals surface area contributed by atoms with Crippen LogP contribution in [0.25, 0.3) is 0 Å². The predicted octanol–water partition coefficient (Wildman–Crippen LogP) is 4.14. The lowest BCUT2D eigenvalue weighted by Gasteiger charge is -2.28. The number of carbonyl (C=O) groups excluding carboxylic acids is 1. The van der Waals surface area contributed by atoms with E-state index in [1.807, 2.05) is 16.8 Å². The molecule has 2 rings (SSSR count). The molecule has 0 bridgehead atoms. The highest BCUT2D eigenvalue weighted by Crippen LogP contribution is 2.37. The van der Waals surface area contributed by atoms with E-state index in [2.05, 4.69) is 48.9 Å². The normalized spacial score (nSPS) is 21.9. The molecule has 106 valence electrons. The first kappa shape index (κ1) is 14.6. The molecule has 1 heterocycles. The van der Waals surface area contributed by atoms with Crippen LogP contribution in [0, 0.1) is 5.41 Å². The van der Waals surface area contributed by atoms with Gasteiger partial charge in [0.1, 0.15) is 5.69 Å². The lowest BCUT2D eigenvalue weighted by molar-refractivity contribution is 0.0899. The second kappa shape index (κ2) is 5.31. The Morgan fingerprint density at radius 3 is 2.74 bits per heavy atom. The molecule has 1 aromatic rings.